The second kappa shape index (κ2) is 11.0. The Kier molecular flexibility index (Phi) is 8.69. The topological polar surface area (TPSA) is 45.8 Å². The maximum atomic E-state index is 3.68. The molecule has 0 aromatic heterocycles. The maximum Gasteiger partial charge on any atom is 0.0321 e. The molecule has 0 amide bonds. The molecule has 6 fully saturated rings. The lowest BCUT2D eigenvalue weighted by Crippen LogP contribution is -2.72. The first-order valence-electron chi connectivity index (χ1n) is 14.5. The van der Waals surface area contributed by atoms with Crippen molar-refractivity contribution >= 4 is 0 Å². The van der Waals surface area contributed by atoms with Gasteiger partial charge in [-0.25, -0.2) is 0 Å². The minimum absolute atomic E-state index is 0.518. The van der Waals surface area contributed by atoms with E-state index in [2.05, 4.69) is 72.2 Å². The van der Waals surface area contributed by atoms with E-state index < -0.39 is 0 Å². The summed E-state index contributed by atoms with van der Waals surface area (Å²) in [4.78, 5) is 7.76. The van der Waals surface area contributed by atoms with Crippen LogP contribution in [0.5, 0.6) is 0 Å². The summed E-state index contributed by atoms with van der Waals surface area (Å²) in [6.07, 6.45) is 6.96. The Morgan fingerprint density at radius 1 is 0.559 bits per heavy atom. The molecule has 6 rings (SSSR count). The summed E-state index contributed by atoms with van der Waals surface area (Å²) in [5, 5.41) is 10.5. The van der Waals surface area contributed by atoms with Gasteiger partial charge in [-0.15, -0.1) is 0 Å². The Morgan fingerprint density at radius 3 is 1.59 bits per heavy atom. The van der Waals surface area contributed by atoms with Gasteiger partial charge in [0.1, 0.15) is 0 Å². The van der Waals surface area contributed by atoms with Crippen molar-refractivity contribution in [2.75, 3.05) is 72.0 Å². The summed E-state index contributed by atoms with van der Waals surface area (Å²) in [6.45, 7) is 27.9. The predicted molar refractivity (Wildman–Crippen MR) is 145 cm³/mol. The zero-order chi connectivity index (χ0) is 24.4. The number of nitrogens with one attached hydrogen (secondary N) is 3. The Bertz CT molecular complexity index is 585. The molecule has 198 valence electrons. The Morgan fingerprint density at radius 2 is 1.15 bits per heavy atom. The summed E-state index contributed by atoms with van der Waals surface area (Å²) in [5.74, 6) is 0. The van der Waals surface area contributed by atoms with Gasteiger partial charge in [0.2, 0.25) is 0 Å². The largest absolute Gasteiger partial charge is 0.316 e. The summed E-state index contributed by atoms with van der Waals surface area (Å²) >= 11 is 0. The van der Waals surface area contributed by atoms with Gasteiger partial charge in [-0.1, -0.05) is 0 Å². The molecule has 6 aliphatic heterocycles. The van der Waals surface area contributed by atoms with E-state index in [1.54, 1.807) is 0 Å². The molecule has 0 bridgehead atoms. The van der Waals surface area contributed by atoms with Crippen molar-refractivity contribution in [1.29, 1.82) is 0 Å². The maximum absolute atomic E-state index is 3.68. The SMILES string of the molecule is CC(C)N1CC2(CNC2)C1.CC(C)N1CCC2(CCCN2)C1.CC(C)N1CCC2(CCNC2)C1. The Hall–Kier alpha value is -0.240. The van der Waals surface area contributed by atoms with Crippen LogP contribution in [-0.2, 0) is 0 Å². The third kappa shape index (κ3) is 6.18. The minimum atomic E-state index is 0.518. The number of hydrogen-bond acceptors (Lipinski definition) is 6. The lowest BCUT2D eigenvalue weighted by molar-refractivity contribution is -0.0569. The zero-order valence-electron chi connectivity index (χ0n) is 23.4. The lowest BCUT2D eigenvalue weighted by atomic mass is 9.74. The summed E-state index contributed by atoms with van der Waals surface area (Å²) in [5.41, 5.74) is 1.89. The number of hydrogen-bond donors (Lipinski definition) is 3. The van der Waals surface area contributed by atoms with Crippen LogP contribution in [0.1, 0.15) is 73.6 Å². The van der Waals surface area contributed by atoms with Crippen molar-refractivity contribution in [3.05, 3.63) is 0 Å². The van der Waals surface area contributed by atoms with Crippen molar-refractivity contribution in [3.63, 3.8) is 0 Å². The van der Waals surface area contributed by atoms with Gasteiger partial charge in [0.05, 0.1) is 0 Å². The van der Waals surface area contributed by atoms with Crippen LogP contribution in [0.2, 0.25) is 0 Å². The zero-order valence-corrected chi connectivity index (χ0v) is 23.4. The molecule has 2 atom stereocenters. The third-order valence-corrected chi connectivity index (χ3v) is 9.78. The van der Waals surface area contributed by atoms with Gasteiger partial charge in [0, 0.05) is 81.4 Å². The summed E-state index contributed by atoms with van der Waals surface area (Å²) in [6, 6.07) is 2.22. The van der Waals surface area contributed by atoms with Gasteiger partial charge in [-0.2, -0.15) is 0 Å². The van der Waals surface area contributed by atoms with E-state index in [9.17, 15) is 0 Å². The molecule has 0 aliphatic carbocycles. The summed E-state index contributed by atoms with van der Waals surface area (Å²) in [7, 11) is 0. The average molecular weight is 477 g/mol. The molecule has 0 saturated carbocycles. The third-order valence-electron chi connectivity index (χ3n) is 9.78. The standard InChI is InChI=1S/2C10H20N2.C8H16N2/c1-9(2)12-6-4-10(8-12)3-5-11-7-10;1-9(2)12-7-5-10(8-12)4-3-6-11-10;1-7(2)10-5-8(6-10)3-9-4-8/h2*9,11H,3-8H2,1-2H3;7,9H,3-6H2,1-2H3. The molecular weight excluding hydrogens is 420 g/mol. The van der Waals surface area contributed by atoms with Crippen LogP contribution >= 0.6 is 0 Å². The first-order chi connectivity index (χ1) is 16.2. The molecule has 34 heavy (non-hydrogen) atoms. The molecule has 0 aromatic carbocycles. The fourth-order valence-corrected chi connectivity index (χ4v) is 7.00. The Labute approximate surface area is 210 Å². The van der Waals surface area contributed by atoms with Gasteiger partial charge >= 0.3 is 0 Å². The van der Waals surface area contributed by atoms with E-state index in [1.165, 1.54) is 104 Å². The summed E-state index contributed by atoms with van der Waals surface area (Å²) < 4.78 is 0. The van der Waals surface area contributed by atoms with Gasteiger partial charge in [0.25, 0.3) is 0 Å². The highest BCUT2D eigenvalue weighted by Crippen LogP contribution is 2.37. The predicted octanol–water partition coefficient (Wildman–Crippen LogP) is 2.60. The lowest BCUT2D eigenvalue weighted by Gasteiger charge is -2.57. The minimum Gasteiger partial charge on any atom is -0.316 e. The van der Waals surface area contributed by atoms with Crippen molar-refractivity contribution in [2.24, 2.45) is 10.8 Å². The van der Waals surface area contributed by atoms with E-state index in [0.29, 0.717) is 16.4 Å². The highest BCUT2D eigenvalue weighted by atomic mass is 15.3. The van der Waals surface area contributed by atoms with E-state index in [0.717, 1.165) is 18.1 Å². The van der Waals surface area contributed by atoms with Crippen molar-refractivity contribution in [3.8, 4) is 0 Å². The van der Waals surface area contributed by atoms with E-state index in [4.69, 9.17) is 0 Å². The first-order valence-corrected chi connectivity index (χ1v) is 14.5. The van der Waals surface area contributed by atoms with Gasteiger partial charge in [-0.05, 0) is 98.7 Å². The van der Waals surface area contributed by atoms with E-state index in [1.807, 2.05) is 0 Å². The van der Waals surface area contributed by atoms with Crippen LogP contribution in [0.4, 0.5) is 0 Å². The monoisotopic (exact) mass is 476 g/mol. The first kappa shape index (κ1) is 26.8. The van der Waals surface area contributed by atoms with Crippen LogP contribution in [0.3, 0.4) is 0 Å². The molecule has 6 heteroatoms. The van der Waals surface area contributed by atoms with Crippen molar-refractivity contribution in [2.45, 2.75) is 97.3 Å². The molecule has 6 nitrogen and oxygen atoms in total. The quantitative estimate of drug-likeness (QED) is 0.582. The van der Waals surface area contributed by atoms with Crippen molar-refractivity contribution in [1.82, 2.24) is 30.7 Å². The molecule has 2 unspecified atom stereocenters. The number of rotatable bonds is 3. The molecule has 0 aromatic rings. The number of nitrogens with zero attached hydrogens (tertiary/aromatic N) is 3. The molecule has 3 N–H and O–H groups in total. The highest BCUT2D eigenvalue weighted by Gasteiger charge is 2.47. The normalized spacial score (nSPS) is 35.2. The fourth-order valence-electron chi connectivity index (χ4n) is 7.00. The molecule has 6 saturated heterocycles. The number of likely N-dealkylation sites (tertiary alicyclic amines) is 3. The van der Waals surface area contributed by atoms with E-state index >= 15 is 0 Å². The molecule has 0 radical (unpaired) electrons. The van der Waals surface area contributed by atoms with Crippen LogP contribution in [0.25, 0.3) is 0 Å². The molecule has 3 spiro atoms. The van der Waals surface area contributed by atoms with Crippen molar-refractivity contribution < 1.29 is 0 Å². The van der Waals surface area contributed by atoms with E-state index in [-0.39, 0.29) is 0 Å². The molecular formula is C28H56N6. The molecule has 6 aliphatic rings. The second-order valence-electron chi connectivity index (χ2n) is 13.5. The highest BCUT2D eigenvalue weighted by molar-refractivity contribution is 5.04. The van der Waals surface area contributed by atoms with Crippen LogP contribution in [-0.4, -0.2) is 110 Å². The molecule has 6 heterocycles. The Balaban J connectivity index is 0.000000121. The van der Waals surface area contributed by atoms with Crippen LogP contribution < -0.4 is 16.0 Å². The average Bonchev–Trinajstić information content (AvgIpc) is 3.52. The van der Waals surface area contributed by atoms with Gasteiger partial charge in [0.15, 0.2) is 0 Å². The fraction of sp³-hybridized carbons (Fsp3) is 1.00. The van der Waals surface area contributed by atoms with Crippen LogP contribution in [0.15, 0.2) is 0 Å². The van der Waals surface area contributed by atoms with Gasteiger partial charge in [-0.3, -0.25) is 9.80 Å². The van der Waals surface area contributed by atoms with Gasteiger partial charge < -0.3 is 20.9 Å². The second-order valence-corrected chi connectivity index (χ2v) is 13.5. The smallest absolute Gasteiger partial charge is 0.0321 e. The van der Waals surface area contributed by atoms with Crippen LogP contribution in [0, 0.1) is 10.8 Å².